The molecule has 2 N–H and O–H groups in total. The van der Waals surface area contributed by atoms with Crippen LogP contribution in [-0.2, 0) is 9.53 Å². The Balaban J connectivity index is 2.11. The Morgan fingerprint density at radius 3 is 2.79 bits per heavy atom. The molecule has 0 radical (unpaired) electrons. The van der Waals surface area contributed by atoms with Crippen LogP contribution in [0, 0.1) is 11.3 Å². The number of hydrogen-bond donors (Lipinski definition) is 2. The maximum absolute atomic E-state index is 11.5. The number of aliphatic hydroxyl groups excluding tert-OH is 2. The van der Waals surface area contributed by atoms with Gasteiger partial charge in [-0.25, -0.2) is 0 Å². The van der Waals surface area contributed by atoms with Gasteiger partial charge in [-0.2, -0.15) is 0 Å². The molecule has 0 amide bonds. The van der Waals surface area contributed by atoms with Crippen LogP contribution in [-0.4, -0.2) is 35.5 Å². The predicted molar refractivity (Wildman–Crippen MR) is 48.4 cm³/mol. The second kappa shape index (κ2) is 3.51. The zero-order valence-electron chi connectivity index (χ0n) is 8.11. The summed E-state index contributed by atoms with van der Waals surface area (Å²) in [6.07, 6.45) is 1.97. The summed E-state index contributed by atoms with van der Waals surface area (Å²) in [6.45, 7) is 0.530. The zero-order valence-corrected chi connectivity index (χ0v) is 8.11. The van der Waals surface area contributed by atoms with Gasteiger partial charge < -0.3 is 14.9 Å². The molecule has 0 aromatic rings. The molecule has 0 bridgehead atoms. The van der Waals surface area contributed by atoms with Crippen LogP contribution in [0.25, 0.3) is 0 Å². The number of carbonyl (C=O) groups excluding carboxylic acids is 1. The third-order valence-electron chi connectivity index (χ3n) is 3.64. The SMILES string of the molecule is O=C1OCC[C@]12CC[C@H](CO)C[C@@H]2O. The van der Waals surface area contributed by atoms with Gasteiger partial charge in [-0.3, -0.25) is 4.79 Å². The van der Waals surface area contributed by atoms with Crippen molar-refractivity contribution in [2.75, 3.05) is 13.2 Å². The molecule has 3 atom stereocenters. The average molecular weight is 200 g/mol. The fourth-order valence-corrected chi connectivity index (χ4v) is 2.55. The van der Waals surface area contributed by atoms with Crippen molar-refractivity contribution in [2.24, 2.45) is 11.3 Å². The van der Waals surface area contributed by atoms with Crippen molar-refractivity contribution in [3.63, 3.8) is 0 Å². The summed E-state index contributed by atoms with van der Waals surface area (Å²) in [7, 11) is 0. The molecule has 4 nitrogen and oxygen atoms in total. The largest absolute Gasteiger partial charge is 0.465 e. The molecular weight excluding hydrogens is 184 g/mol. The molecular formula is C10H16O4. The molecule has 1 saturated carbocycles. The Morgan fingerprint density at radius 2 is 2.29 bits per heavy atom. The first-order valence-corrected chi connectivity index (χ1v) is 5.15. The topological polar surface area (TPSA) is 66.8 Å². The second-order valence-electron chi connectivity index (χ2n) is 4.38. The highest BCUT2D eigenvalue weighted by Gasteiger charge is 2.52. The summed E-state index contributed by atoms with van der Waals surface area (Å²) < 4.78 is 4.92. The molecule has 0 aromatic carbocycles. The van der Waals surface area contributed by atoms with Crippen molar-refractivity contribution in [1.82, 2.24) is 0 Å². The molecule has 2 rings (SSSR count). The summed E-state index contributed by atoms with van der Waals surface area (Å²) in [6, 6.07) is 0. The molecule has 1 saturated heterocycles. The monoisotopic (exact) mass is 200 g/mol. The lowest BCUT2D eigenvalue weighted by Crippen LogP contribution is -2.44. The van der Waals surface area contributed by atoms with Gasteiger partial charge in [0.05, 0.1) is 18.1 Å². The lowest BCUT2D eigenvalue weighted by atomic mass is 9.68. The molecule has 1 aliphatic carbocycles. The summed E-state index contributed by atoms with van der Waals surface area (Å²) in [5, 5.41) is 18.9. The highest BCUT2D eigenvalue weighted by molar-refractivity contribution is 5.79. The van der Waals surface area contributed by atoms with Crippen LogP contribution in [0.5, 0.6) is 0 Å². The van der Waals surface area contributed by atoms with Gasteiger partial charge in [0.15, 0.2) is 0 Å². The zero-order chi connectivity index (χ0) is 10.2. The third-order valence-corrected chi connectivity index (χ3v) is 3.64. The quantitative estimate of drug-likeness (QED) is 0.588. The van der Waals surface area contributed by atoms with Crippen LogP contribution < -0.4 is 0 Å². The van der Waals surface area contributed by atoms with E-state index < -0.39 is 11.5 Å². The molecule has 2 aliphatic rings. The van der Waals surface area contributed by atoms with Gasteiger partial charge in [0, 0.05) is 13.0 Å². The van der Waals surface area contributed by atoms with Crippen molar-refractivity contribution in [3.8, 4) is 0 Å². The van der Waals surface area contributed by atoms with E-state index >= 15 is 0 Å². The Morgan fingerprint density at radius 1 is 1.50 bits per heavy atom. The second-order valence-corrected chi connectivity index (χ2v) is 4.38. The average Bonchev–Trinajstić information content (AvgIpc) is 2.54. The first-order chi connectivity index (χ1) is 6.69. The highest BCUT2D eigenvalue weighted by atomic mass is 16.5. The molecule has 1 spiro atoms. The van der Waals surface area contributed by atoms with Gasteiger partial charge in [0.1, 0.15) is 0 Å². The van der Waals surface area contributed by atoms with E-state index in [0.717, 1.165) is 6.42 Å². The van der Waals surface area contributed by atoms with E-state index in [1.165, 1.54) is 0 Å². The number of esters is 1. The molecule has 1 aliphatic heterocycles. The number of ether oxygens (including phenoxy) is 1. The van der Waals surface area contributed by atoms with Crippen LogP contribution >= 0.6 is 0 Å². The molecule has 4 heteroatoms. The van der Waals surface area contributed by atoms with E-state index in [4.69, 9.17) is 9.84 Å². The van der Waals surface area contributed by atoms with Crippen molar-refractivity contribution < 1.29 is 19.7 Å². The predicted octanol–water partition coefficient (Wildman–Crippen LogP) is 0.0730. The van der Waals surface area contributed by atoms with Crippen LogP contribution in [0.2, 0.25) is 0 Å². The summed E-state index contributed by atoms with van der Waals surface area (Å²) in [5.41, 5.74) is -0.647. The van der Waals surface area contributed by atoms with Gasteiger partial charge in [0.2, 0.25) is 0 Å². The minimum Gasteiger partial charge on any atom is -0.465 e. The van der Waals surface area contributed by atoms with Crippen molar-refractivity contribution >= 4 is 5.97 Å². The molecule has 1 heterocycles. The van der Waals surface area contributed by atoms with E-state index in [1.54, 1.807) is 0 Å². The van der Waals surface area contributed by atoms with E-state index in [-0.39, 0.29) is 18.5 Å². The number of aliphatic hydroxyl groups is 2. The lowest BCUT2D eigenvalue weighted by molar-refractivity contribution is -0.156. The van der Waals surface area contributed by atoms with Crippen molar-refractivity contribution in [3.05, 3.63) is 0 Å². The summed E-state index contributed by atoms with van der Waals surface area (Å²) in [5.74, 6) is -0.106. The number of carbonyl (C=O) groups is 1. The Labute approximate surface area is 82.9 Å². The Kier molecular flexibility index (Phi) is 2.49. The molecule has 0 unspecified atom stereocenters. The third kappa shape index (κ3) is 1.33. The molecule has 80 valence electrons. The highest BCUT2D eigenvalue weighted by Crippen LogP contribution is 2.45. The normalized spacial score (nSPS) is 42.9. The minimum atomic E-state index is -0.647. The number of rotatable bonds is 1. The van der Waals surface area contributed by atoms with Crippen LogP contribution in [0.3, 0.4) is 0 Å². The van der Waals surface area contributed by atoms with Crippen LogP contribution in [0.1, 0.15) is 25.7 Å². The fraction of sp³-hybridized carbons (Fsp3) is 0.900. The summed E-state index contributed by atoms with van der Waals surface area (Å²) >= 11 is 0. The van der Waals surface area contributed by atoms with E-state index in [0.29, 0.717) is 25.9 Å². The first kappa shape index (κ1) is 9.93. The smallest absolute Gasteiger partial charge is 0.314 e. The van der Waals surface area contributed by atoms with Gasteiger partial charge in [0.25, 0.3) is 0 Å². The maximum Gasteiger partial charge on any atom is 0.314 e. The first-order valence-electron chi connectivity index (χ1n) is 5.15. The van der Waals surface area contributed by atoms with Gasteiger partial charge in [-0.1, -0.05) is 0 Å². The number of hydrogen-bond acceptors (Lipinski definition) is 4. The number of cyclic esters (lactones) is 1. The van der Waals surface area contributed by atoms with Crippen LogP contribution in [0.15, 0.2) is 0 Å². The molecule has 14 heavy (non-hydrogen) atoms. The standard InChI is InChI=1S/C10H16O4/c11-6-7-1-2-10(8(12)5-7)3-4-14-9(10)13/h7-8,11-12H,1-6H2/t7-,8-,10-/m0/s1. The van der Waals surface area contributed by atoms with E-state index in [9.17, 15) is 9.90 Å². The van der Waals surface area contributed by atoms with Gasteiger partial charge >= 0.3 is 5.97 Å². The Bertz CT molecular complexity index is 240. The van der Waals surface area contributed by atoms with E-state index in [2.05, 4.69) is 0 Å². The van der Waals surface area contributed by atoms with Gasteiger partial charge in [-0.15, -0.1) is 0 Å². The molecule has 2 fully saturated rings. The van der Waals surface area contributed by atoms with E-state index in [1.807, 2.05) is 0 Å². The minimum absolute atomic E-state index is 0.0994. The van der Waals surface area contributed by atoms with Crippen molar-refractivity contribution in [1.29, 1.82) is 0 Å². The maximum atomic E-state index is 11.5. The molecule has 0 aromatic heterocycles. The van der Waals surface area contributed by atoms with Gasteiger partial charge in [-0.05, 0) is 25.2 Å². The Hall–Kier alpha value is -0.610. The summed E-state index contributed by atoms with van der Waals surface area (Å²) in [4.78, 5) is 11.5. The van der Waals surface area contributed by atoms with Crippen LogP contribution in [0.4, 0.5) is 0 Å². The lowest BCUT2D eigenvalue weighted by Gasteiger charge is -2.37. The van der Waals surface area contributed by atoms with Crippen molar-refractivity contribution in [2.45, 2.75) is 31.8 Å². The fourth-order valence-electron chi connectivity index (χ4n) is 2.55.